The third kappa shape index (κ3) is 5.91. The summed E-state index contributed by atoms with van der Waals surface area (Å²) < 4.78 is 12.2. The molecule has 2 amide bonds. The van der Waals surface area contributed by atoms with Gasteiger partial charge in [-0.15, -0.1) is 0 Å². The van der Waals surface area contributed by atoms with E-state index in [0.29, 0.717) is 42.1 Å². The second-order valence-corrected chi connectivity index (χ2v) is 11.0. The van der Waals surface area contributed by atoms with Gasteiger partial charge in [0.05, 0.1) is 22.2 Å². The lowest BCUT2D eigenvalue weighted by molar-refractivity contribution is -0.121. The highest BCUT2D eigenvalue weighted by molar-refractivity contribution is 8.26. The maximum Gasteiger partial charge on any atom is 0.285 e. The van der Waals surface area contributed by atoms with Crippen LogP contribution in [-0.4, -0.2) is 39.8 Å². The van der Waals surface area contributed by atoms with Gasteiger partial charge in [-0.25, -0.2) is 4.98 Å². The van der Waals surface area contributed by atoms with E-state index in [9.17, 15) is 9.59 Å². The number of benzene rings is 3. The summed E-state index contributed by atoms with van der Waals surface area (Å²) in [5, 5.41) is 5.06. The summed E-state index contributed by atoms with van der Waals surface area (Å²) in [6, 6.07) is 19.6. The van der Waals surface area contributed by atoms with Crippen LogP contribution in [0.1, 0.15) is 5.56 Å². The molecule has 3 aromatic carbocycles. The average Bonchev–Trinajstić information content (AvgIpc) is 3.44. The summed E-state index contributed by atoms with van der Waals surface area (Å²) in [6.07, 6.45) is 1.64. The van der Waals surface area contributed by atoms with Crippen LogP contribution >= 0.6 is 46.9 Å². The molecule has 1 aliphatic rings. The van der Waals surface area contributed by atoms with Crippen molar-refractivity contribution < 1.29 is 19.1 Å². The number of anilines is 2. The van der Waals surface area contributed by atoms with E-state index in [2.05, 4.69) is 15.7 Å². The van der Waals surface area contributed by atoms with Crippen LogP contribution in [-0.2, 0) is 9.59 Å². The van der Waals surface area contributed by atoms with E-state index in [1.54, 1.807) is 55.7 Å². The van der Waals surface area contributed by atoms with Crippen LogP contribution in [0, 0.1) is 0 Å². The van der Waals surface area contributed by atoms with Crippen LogP contribution in [0.3, 0.4) is 0 Å². The van der Waals surface area contributed by atoms with Crippen LogP contribution in [0.2, 0.25) is 5.02 Å². The van der Waals surface area contributed by atoms with Crippen molar-refractivity contribution in [2.24, 2.45) is 0 Å². The molecule has 2 N–H and O–H groups in total. The Hall–Kier alpha value is -3.64. The molecule has 0 bridgehead atoms. The van der Waals surface area contributed by atoms with E-state index in [1.165, 1.54) is 16.3 Å². The first-order valence-electron chi connectivity index (χ1n) is 11.2. The number of thioether (sulfide) groups is 1. The number of hydrogen-bond acceptors (Lipinski definition) is 9. The second-order valence-electron chi connectivity index (χ2n) is 7.86. The summed E-state index contributed by atoms with van der Waals surface area (Å²) in [5.41, 5.74) is 4.99. The number of hydrazine groups is 1. The van der Waals surface area contributed by atoms with Gasteiger partial charge in [-0.3, -0.25) is 15.0 Å². The topological polar surface area (TPSA) is 92.8 Å². The maximum absolute atomic E-state index is 13.2. The molecule has 0 aliphatic carbocycles. The number of ether oxygens (including phenoxy) is 2. The predicted molar refractivity (Wildman–Crippen MR) is 157 cm³/mol. The smallest absolute Gasteiger partial charge is 0.285 e. The monoisotopic (exact) mass is 582 g/mol. The van der Waals surface area contributed by atoms with E-state index in [1.807, 2.05) is 24.3 Å². The molecule has 2 heterocycles. The number of fused-ring (bicyclic) bond motifs is 1. The zero-order valence-electron chi connectivity index (χ0n) is 19.8. The van der Waals surface area contributed by atoms with E-state index in [0.717, 1.165) is 22.0 Å². The Morgan fingerprint density at radius 2 is 1.95 bits per heavy atom. The van der Waals surface area contributed by atoms with Gasteiger partial charge in [0.1, 0.15) is 11.5 Å². The predicted octanol–water partition coefficient (Wildman–Crippen LogP) is 6.20. The highest BCUT2D eigenvalue weighted by Crippen LogP contribution is 2.36. The Labute approximate surface area is 236 Å². The number of thiocarbonyl (C=S) groups is 1. The lowest BCUT2D eigenvalue weighted by Crippen LogP contribution is -2.33. The number of nitrogens with zero attached hydrogens (tertiary/aromatic N) is 2. The zero-order chi connectivity index (χ0) is 26.6. The van der Waals surface area contributed by atoms with Gasteiger partial charge in [0.2, 0.25) is 5.13 Å². The standard InChI is InChI=1S/C26H19ClN4O4S3/c1-34-18-9-7-17(8-10-18)28-23(32)14-35-20-11-6-16(27)12-15(20)13-22-24(33)31(26(36)38-22)30-25-29-19-4-2-3-5-21(19)37-25/h2-13H,14H2,1H3,(H,28,32)(H,29,30). The van der Waals surface area contributed by atoms with Crippen molar-refractivity contribution in [3.8, 4) is 11.5 Å². The van der Waals surface area contributed by atoms with Gasteiger partial charge < -0.3 is 14.8 Å². The number of thiazole rings is 1. The van der Waals surface area contributed by atoms with Crippen molar-refractivity contribution in [1.82, 2.24) is 9.99 Å². The highest BCUT2D eigenvalue weighted by atomic mass is 35.5. The van der Waals surface area contributed by atoms with Gasteiger partial charge in [-0.05, 0) is 72.9 Å². The molecule has 5 rings (SSSR count). The molecule has 1 aliphatic heterocycles. The minimum atomic E-state index is -0.345. The van der Waals surface area contributed by atoms with E-state index in [-0.39, 0.29) is 18.4 Å². The first kappa shape index (κ1) is 26.0. The number of halogens is 1. The van der Waals surface area contributed by atoms with E-state index >= 15 is 0 Å². The van der Waals surface area contributed by atoms with Crippen molar-refractivity contribution in [2.75, 3.05) is 24.5 Å². The third-order valence-electron chi connectivity index (χ3n) is 5.29. The fourth-order valence-corrected chi connectivity index (χ4v) is 5.70. The lowest BCUT2D eigenvalue weighted by Gasteiger charge is -2.14. The number of rotatable bonds is 8. The van der Waals surface area contributed by atoms with Gasteiger partial charge in [0.25, 0.3) is 11.8 Å². The van der Waals surface area contributed by atoms with Crippen molar-refractivity contribution in [2.45, 2.75) is 0 Å². The maximum atomic E-state index is 13.2. The summed E-state index contributed by atoms with van der Waals surface area (Å²) >= 11 is 14.2. The number of hydrogen-bond donors (Lipinski definition) is 2. The van der Waals surface area contributed by atoms with Gasteiger partial charge >= 0.3 is 0 Å². The van der Waals surface area contributed by atoms with Crippen LogP contribution in [0.15, 0.2) is 71.6 Å². The van der Waals surface area contributed by atoms with Crippen molar-refractivity contribution in [3.63, 3.8) is 0 Å². The molecular weight excluding hydrogens is 564 g/mol. The Morgan fingerprint density at radius 1 is 1.16 bits per heavy atom. The van der Waals surface area contributed by atoms with Crippen LogP contribution in [0.4, 0.5) is 10.8 Å². The molecular formula is C26H19ClN4O4S3. The minimum Gasteiger partial charge on any atom is -0.497 e. The molecule has 8 nitrogen and oxygen atoms in total. The molecule has 1 saturated heterocycles. The lowest BCUT2D eigenvalue weighted by atomic mass is 10.2. The second kappa shape index (κ2) is 11.4. The Balaban J connectivity index is 1.28. The number of para-hydroxylation sites is 1. The molecule has 38 heavy (non-hydrogen) atoms. The zero-order valence-corrected chi connectivity index (χ0v) is 23.0. The van der Waals surface area contributed by atoms with Crippen molar-refractivity contribution in [1.29, 1.82) is 0 Å². The summed E-state index contributed by atoms with van der Waals surface area (Å²) in [5.74, 6) is 0.402. The van der Waals surface area contributed by atoms with Gasteiger partial charge in [0.15, 0.2) is 10.9 Å². The number of carbonyl (C=O) groups excluding carboxylic acids is 2. The molecule has 0 radical (unpaired) electrons. The Bertz CT molecular complexity index is 1540. The molecule has 0 atom stereocenters. The van der Waals surface area contributed by atoms with Gasteiger partial charge in [-0.2, -0.15) is 5.01 Å². The molecule has 1 aromatic heterocycles. The third-order valence-corrected chi connectivity index (χ3v) is 7.76. The first-order valence-corrected chi connectivity index (χ1v) is 13.6. The minimum absolute atomic E-state index is 0.241. The molecule has 0 spiro atoms. The Morgan fingerprint density at radius 3 is 2.71 bits per heavy atom. The van der Waals surface area contributed by atoms with E-state index in [4.69, 9.17) is 33.3 Å². The quantitative estimate of drug-likeness (QED) is 0.187. The number of aromatic nitrogens is 1. The first-order chi connectivity index (χ1) is 18.4. The molecule has 192 valence electrons. The van der Waals surface area contributed by atoms with Crippen LogP contribution in [0.5, 0.6) is 11.5 Å². The SMILES string of the molecule is COc1ccc(NC(=O)COc2ccc(Cl)cc2C=C2SC(=S)N(Nc3nc4ccccc4s3)C2=O)cc1. The molecule has 12 heteroatoms. The molecule has 0 unspecified atom stereocenters. The average molecular weight is 583 g/mol. The largest absolute Gasteiger partial charge is 0.497 e. The molecule has 0 saturated carbocycles. The molecule has 1 fully saturated rings. The number of methoxy groups -OCH3 is 1. The molecule has 4 aromatic rings. The van der Waals surface area contributed by atoms with Crippen molar-refractivity contribution >= 4 is 90.2 Å². The Kier molecular flexibility index (Phi) is 7.79. The van der Waals surface area contributed by atoms with Crippen LogP contribution in [0.25, 0.3) is 16.3 Å². The van der Waals surface area contributed by atoms with Gasteiger partial charge in [-0.1, -0.05) is 46.8 Å². The van der Waals surface area contributed by atoms with Crippen LogP contribution < -0.4 is 20.2 Å². The number of carbonyl (C=O) groups is 2. The van der Waals surface area contributed by atoms with Crippen molar-refractivity contribution in [3.05, 3.63) is 82.2 Å². The fraction of sp³-hybridized carbons (Fsp3) is 0.0769. The summed E-state index contributed by atoms with van der Waals surface area (Å²) in [7, 11) is 1.57. The van der Waals surface area contributed by atoms with E-state index < -0.39 is 0 Å². The summed E-state index contributed by atoms with van der Waals surface area (Å²) in [4.78, 5) is 30.5. The number of amides is 2. The normalized spacial score (nSPS) is 14.3. The highest BCUT2D eigenvalue weighted by Gasteiger charge is 2.33. The summed E-state index contributed by atoms with van der Waals surface area (Å²) in [6.45, 7) is -0.241. The number of nitrogens with one attached hydrogen (secondary N) is 2. The van der Waals surface area contributed by atoms with Gasteiger partial charge in [0, 0.05) is 16.3 Å². The fourth-order valence-electron chi connectivity index (χ4n) is 3.50.